The molecule has 0 amide bonds. The van der Waals surface area contributed by atoms with Crippen LogP contribution in [-0.4, -0.2) is 25.8 Å². The number of aromatic nitrogens is 3. The second kappa shape index (κ2) is 5.22. The highest BCUT2D eigenvalue weighted by Crippen LogP contribution is 2.14. The normalized spacial score (nSPS) is 10.7. The molecule has 2 aromatic heterocycles. The van der Waals surface area contributed by atoms with E-state index in [1.807, 2.05) is 18.5 Å². The summed E-state index contributed by atoms with van der Waals surface area (Å²) in [5.74, 6) is -0.960. The van der Waals surface area contributed by atoms with Gasteiger partial charge in [-0.15, -0.1) is 0 Å². The van der Waals surface area contributed by atoms with Gasteiger partial charge in [-0.05, 0) is 38.0 Å². The minimum Gasteiger partial charge on any atom is -0.478 e. The molecule has 5 nitrogen and oxygen atoms in total. The number of rotatable bonds is 4. The van der Waals surface area contributed by atoms with Crippen molar-refractivity contribution < 1.29 is 9.90 Å². The molecule has 0 aromatic carbocycles. The summed E-state index contributed by atoms with van der Waals surface area (Å²) in [6.07, 6.45) is 2.34. The minimum atomic E-state index is -0.960. The summed E-state index contributed by atoms with van der Waals surface area (Å²) in [6, 6.07) is 3.29. The first kappa shape index (κ1) is 13.3. The highest BCUT2D eigenvalue weighted by molar-refractivity contribution is 5.87. The van der Waals surface area contributed by atoms with Gasteiger partial charge in [0, 0.05) is 11.9 Å². The van der Waals surface area contributed by atoms with Crippen LogP contribution in [0.15, 0.2) is 18.3 Å². The lowest BCUT2D eigenvalue weighted by atomic mass is 10.1. The Morgan fingerprint density at radius 1 is 1.37 bits per heavy atom. The van der Waals surface area contributed by atoms with Crippen molar-refractivity contribution in [1.29, 1.82) is 0 Å². The van der Waals surface area contributed by atoms with E-state index in [1.54, 1.807) is 12.1 Å². The van der Waals surface area contributed by atoms with E-state index in [0.717, 1.165) is 23.5 Å². The second-order valence-electron chi connectivity index (χ2n) is 4.50. The highest BCUT2D eigenvalue weighted by atomic mass is 16.4. The lowest BCUT2D eigenvalue weighted by molar-refractivity contribution is 0.0696. The monoisotopic (exact) mass is 259 g/mol. The van der Waals surface area contributed by atoms with Crippen LogP contribution >= 0.6 is 0 Å². The summed E-state index contributed by atoms with van der Waals surface area (Å²) >= 11 is 0. The number of carbonyl (C=O) groups is 1. The van der Waals surface area contributed by atoms with Gasteiger partial charge in [-0.1, -0.05) is 6.92 Å². The fraction of sp³-hybridized carbons (Fsp3) is 0.357. The average molecular weight is 259 g/mol. The van der Waals surface area contributed by atoms with Crippen molar-refractivity contribution in [2.75, 3.05) is 0 Å². The number of aromatic carboxylic acids is 1. The molecular weight excluding hydrogens is 242 g/mol. The van der Waals surface area contributed by atoms with Gasteiger partial charge in [-0.25, -0.2) is 4.79 Å². The summed E-state index contributed by atoms with van der Waals surface area (Å²) in [5.41, 5.74) is 4.46. The van der Waals surface area contributed by atoms with Crippen molar-refractivity contribution >= 4 is 5.97 Å². The number of pyridine rings is 1. The fourth-order valence-electron chi connectivity index (χ4n) is 2.20. The zero-order chi connectivity index (χ0) is 14.0. The van der Waals surface area contributed by atoms with Crippen LogP contribution in [0.3, 0.4) is 0 Å². The molecule has 0 bridgehead atoms. The first-order valence-corrected chi connectivity index (χ1v) is 6.24. The minimum absolute atomic E-state index is 0.200. The van der Waals surface area contributed by atoms with Crippen molar-refractivity contribution in [1.82, 2.24) is 14.8 Å². The molecule has 0 saturated carbocycles. The molecule has 0 aliphatic carbocycles. The molecular formula is C14H17N3O2. The van der Waals surface area contributed by atoms with E-state index in [0.29, 0.717) is 6.54 Å². The summed E-state index contributed by atoms with van der Waals surface area (Å²) in [5, 5.41) is 13.3. The Morgan fingerprint density at radius 3 is 2.58 bits per heavy atom. The lowest BCUT2D eigenvalue weighted by Gasteiger charge is -2.05. The second-order valence-corrected chi connectivity index (χ2v) is 4.50. The summed E-state index contributed by atoms with van der Waals surface area (Å²) in [7, 11) is 0. The van der Waals surface area contributed by atoms with Crippen LogP contribution in [0.2, 0.25) is 0 Å². The van der Waals surface area contributed by atoms with Gasteiger partial charge in [0.2, 0.25) is 0 Å². The SMILES string of the molecule is CCc1c(C)nn(Cc2ccc(C(=O)O)cn2)c1C. The van der Waals surface area contributed by atoms with Gasteiger partial charge in [0.25, 0.3) is 0 Å². The molecule has 0 aliphatic rings. The Labute approximate surface area is 111 Å². The van der Waals surface area contributed by atoms with Crippen LogP contribution in [-0.2, 0) is 13.0 Å². The van der Waals surface area contributed by atoms with Gasteiger partial charge < -0.3 is 5.11 Å². The molecule has 5 heteroatoms. The van der Waals surface area contributed by atoms with Crippen molar-refractivity contribution in [3.8, 4) is 0 Å². The predicted molar refractivity (Wildman–Crippen MR) is 71.4 cm³/mol. The number of carboxylic acid groups (broad SMARTS) is 1. The van der Waals surface area contributed by atoms with Gasteiger partial charge in [0.1, 0.15) is 0 Å². The molecule has 0 fully saturated rings. The first-order chi connectivity index (χ1) is 9.02. The molecule has 1 N–H and O–H groups in total. The first-order valence-electron chi connectivity index (χ1n) is 6.24. The van der Waals surface area contributed by atoms with Crippen LogP contribution in [0.5, 0.6) is 0 Å². The number of aryl methyl sites for hydroxylation is 1. The molecule has 0 atom stereocenters. The fourth-order valence-corrected chi connectivity index (χ4v) is 2.20. The van der Waals surface area contributed by atoms with E-state index in [2.05, 4.69) is 17.0 Å². The quantitative estimate of drug-likeness (QED) is 0.914. The Morgan fingerprint density at radius 2 is 2.11 bits per heavy atom. The molecule has 0 saturated heterocycles. The van der Waals surface area contributed by atoms with Crippen LogP contribution in [0.25, 0.3) is 0 Å². The van der Waals surface area contributed by atoms with E-state index in [9.17, 15) is 4.79 Å². The Hall–Kier alpha value is -2.17. The van der Waals surface area contributed by atoms with E-state index in [1.165, 1.54) is 11.8 Å². The molecule has 0 unspecified atom stereocenters. The largest absolute Gasteiger partial charge is 0.478 e. The molecule has 2 aromatic rings. The third-order valence-corrected chi connectivity index (χ3v) is 3.27. The maximum Gasteiger partial charge on any atom is 0.337 e. The van der Waals surface area contributed by atoms with E-state index in [4.69, 9.17) is 5.11 Å². The highest BCUT2D eigenvalue weighted by Gasteiger charge is 2.10. The Kier molecular flexibility index (Phi) is 3.64. The third kappa shape index (κ3) is 2.65. The van der Waals surface area contributed by atoms with Crippen molar-refractivity contribution in [2.24, 2.45) is 0 Å². The van der Waals surface area contributed by atoms with Crippen molar-refractivity contribution in [2.45, 2.75) is 33.7 Å². The predicted octanol–water partition coefficient (Wildman–Crippen LogP) is 2.20. The molecule has 0 spiro atoms. The molecule has 2 heterocycles. The Balaban J connectivity index is 2.24. The summed E-state index contributed by atoms with van der Waals surface area (Å²) in [6.45, 7) is 6.72. The average Bonchev–Trinajstić information content (AvgIpc) is 2.64. The summed E-state index contributed by atoms with van der Waals surface area (Å²) < 4.78 is 1.91. The molecule has 100 valence electrons. The van der Waals surface area contributed by atoms with E-state index in [-0.39, 0.29) is 5.56 Å². The van der Waals surface area contributed by atoms with Gasteiger partial charge in [-0.3, -0.25) is 9.67 Å². The smallest absolute Gasteiger partial charge is 0.337 e. The van der Waals surface area contributed by atoms with Gasteiger partial charge in [0.05, 0.1) is 23.5 Å². The lowest BCUT2D eigenvalue weighted by Crippen LogP contribution is -2.07. The van der Waals surface area contributed by atoms with Crippen LogP contribution in [0.1, 0.15) is 39.9 Å². The van der Waals surface area contributed by atoms with Crippen molar-refractivity contribution in [3.63, 3.8) is 0 Å². The van der Waals surface area contributed by atoms with E-state index >= 15 is 0 Å². The van der Waals surface area contributed by atoms with E-state index < -0.39 is 5.97 Å². The zero-order valence-electron chi connectivity index (χ0n) is 11.3. The maximum absolute atomic E-state index is 10.8. The standard InChI is InChI=1S/C14H17N3O2/c1-4-13-9(2)16-17(10(13)3)8-12-6-5-11(7-15-12)14(18)19/h5-7H,4,8H2,1-3H3,(H,18,19). The topological polar surface area (TPSA) is 68.0 Å². The van der Waals surface area contributed by atoms with Crippen LogP contribution in [0.4, 0.5) is 0 Å². The molecule has 0 radical (unpaired) electrons. The summed E-state index contributed by atoms with van der Waals surface area (Å²) in [4.78, 5) is 14.9. The van der Waals surface area contributed by atoms with Crippen molar-refractivity contribution in [3.05, 3.63) is 46.5 Å². The number of hydrogen-bond acceptors (Lipinski definition) is 3. The number of hydrogen-bond donors (Lipinski definition) is 1. The number of nitrogens with zero attached hydrogens (tertiary/aromatic N) is 3. The van der Waals surface area contributed by atoms with Gasteiger partial charge in [-0.2, -0.15) is 5.10 Å². The molecule has 2 rings (SSSR count). The number of carboxylic acids is 1. The zero-order valence-corrected chi connectivity index (χ0v) is 11.3. The van der Waals surface area contributed by atoms with Gasteiger partial charge in [0.15, 0.2) is 0 Å². The maximum atomic E-state index is 10.8. The third-order valence-electron chi connectivity index (χ3n) is 3.27. The molecule has 19 heavy (non-hydrogen) atoms. The van der Waals surface area contributed by atoms with Crippen LogP contribution < -0.4 is 0 Å². The van der Waals surface area contributed by atoms with Crippen LogP contribution in [0, 0.1) is 13.8 Å². The Bertz CT molecular complexity index is 600. The molecule has 0 aliphatic heterocycles. The van der Waals surface area contributed by atoms with Gasteiger partial charge >= 0.3 is 5.97 Å².